The quantitative estimate of drug-likeness (QED) is 0.844. The molecular formula is C11H16INO. The first kappa shape index (κ1) is 11.6. The van der Waals surface area contributed by atoms with Crippen LogP contribution in [0.4, 0.5) is 5.69 Å². The van der Waals surface area contributed by atoms with Crippen LogP contribution < -0.4 is 10.1 Å². The van der Waals surface area contributed by atoms with Gasteiger partial charge in [-0.1, -0.05) is 0 Å². The summed E-state index contributed by atoms with van der Waals surface area (Å²) in [4.78, 5) is 0. The molecule has 0 aromatic heterocycles. The monoisotopic (exact) mass is 305 g/mol. The van der Waals surface area contributed by atoms with E-state index in [2.05, 4.69) is 54.7 Å². The molecule has 14 heavy (non-hydrogen) atoms. The SMILES string of the molecule is COc1ccc(NC(C)(C)C)cc1I. The van der Waals surface area contributed by atoms with Gasteiger partial charge in [-0.25, -0.2) is 0 Å². The third-order valence-corrected chi connectivity index (χ3v) is 2.51. The van der Waals surface area contributed by atoms with E-state index >= 15 is 0 Å². The smallest absolute Gasteiger partial charge is 0.132 e. The van der Waals surface area contributed by atoms with Crippen molar-refractivity contribution in [2.45, 2.75) is 26.3 Å². The van der Waals surface area contributed by atoms with E-state index in [9.17, 15) is 0 Å². The molecule has 3 heteroatoms. The van der Waals surface area contributed by atoms with Crippen LogP contribution in [0.15, 0.2) is 18.2 Å². The van der Waals surface area contributed by atoms with Crippen LogP contribution in [0.3, 0.4) is 0 Å². The maximum absolute atomic E-state index is 5.19. The van der Waals surface area contributed by atoms with Crippen LogP contribution in [0, 0.1) is 3.57 Å². The second-order valence-corrected chi connectivity index (χ2v) is 5.39. The highest BCUT2D eigenvalue weighted by Gasteiger charge is 2.10. The van der Waals surface area contributed by atoms with Gasteiger partial charge in [0.1, 0.15) is 5.75 Å². The Morgan fingerprint density at radius 2 is 1.93 bits per heavy atom. The molecule has 1 N–H and O–H groups in total. The molecule has 0 amide bonds. The van der Waals surface area contributed by atoms with E-state index in [1.807, 2.05) is 12.1 Å². The number of halogens is 1. The number of hydrogen-bond donors (Lipinski definition) is 1. The highest BCUT2D eigenvalue weighted by atomic mass is 127. The molecule has 1 aromatic carbocycles. The summed E-state index contributed by atoms with van der Waals surface area (Å²) in [5.41, 5.74) is 1.22. The first-order valence-corrected chi connectivity index (χ1v) is 5.62. The molecule has 0 bridgehead atoms. The number of nitrogens with one attached hydrogen (secondary N) is 1. The van der Waals surface area contributed by atoms with Crippen molar-refractivity contribution >= 4 is 28.3 Å². The summed E-state index contributed by atoms with van der Waals surface area (Å²) in [5.74, 6) is 0.921. The molecule has 0 aliphatic carbocycles. The van der Waals surface area contributed by atoms with Gasteiger partial charge in [-0.3, -0.25) is 0 Å². The Morgan fingerprint density at radius 1 is 1.29 bits per heavy atom. The lowest BCUT2D eigenvalue weighted by Gasteiger charge is -2.22. The molecule has 0 unspecified atom stereocenters. The Labute approximate surface area is 99.2 Å². The van der Waals surface area contributed by atoms with Crippen molar-refractivity contribution in [3.05, 3.63) is 21.8 Å². The van der Waals surface area contributed by atoms with Gasteiger partial charge in [-0.2, -0.15) is 0 Å². The summed E-state index contributed by atoms with van der Waals surface area (Å²) in [5, 5.41) is 3.41. The first-order chi connectivity index (χ1) is 6.42. The molecule has 0 spiro atoms. The minimum atomic E-state index is 0.0949. The Bertz CT molecular complexity index is 318. The summed E-state index contributed by atoms with van der Waals surface area (Å²) in [6, 6.07) is 6.10. The van der Waals surface area contributed by atoms with Gasteiger partial charge in [-0.15, -0.1) is 0 Å². The summed E-state index contributed by atoms with van der Waals surface area (Å²) in [7, 11) is 1.69. The van der Waals surface area contributed by atoms with Gasteiger partial charge < -0.3 is 10.1 Å². The van der Waals surface area contributed by atoms with Crippen LogP contribution in [0.5, 0.6) is 5.75 Å². The zero-order chi connectivity index (χ0) is 10.8. The van der Waals surface area contributed by atoms with Gasteiger partial charge in [0.2, 0.25) is 0 Å². The molecule has 0 aliphatic rings. The molecule has 78 valence electrons. The van der Waals surface area contributed by atoms with Crippen LogP contribution in [0.1, 0.15) is 20.8 Å². The van der Waals surface area contributed by atoms with Gasteiger partial charge in [0.15, 0.2) is 0 Å². The molecule has 0 heterocycles. The number of benzene rings is 1. The number of anilines is 1. The van der Waals surface area contributed by atoms with Crippen LogP contribution in [0.25, 0.3) is 0 Å². The largest absolute Gasteiger partial charge is 0.496 e. The van der Waals surface area contributed by atoms with Crippen molar-refractivity contribution in [3.8, 4) is 5.75 Å². The number of hydrogen-bond acceptors (Lipinski definition) is 2. The van der Waals surface area contributed by atoms with Gasteiger partial charge >= 0.3 is 0 Å². The highest BCUT2D eigenvalue weighted by Crippen LogP contribution is 2.25. The van der Waals surface area contributed by atoms with Crippen LogP contribution in [-0.4, -0.2) is 12.6 Å². The van der Waals surface area contributed by atoms with Crippen molar-refractivity contribution < 1.29 is 4.74 Å². The van der Waals surface area contributed by atoms with Crippen molar-refractivity contribution in [3.63, 3.8) is 0 Å². The van der Waals surface area contributed by atoms with Crippen molar-refractivity contribution in [1.82, 2.24) is 0 Å². The second kappa shape index (κ2) is 4.38. The second-order valence-electron chi connectivity index (χ2n) is 4.22. The third-order valence-electron chi connectivity index (χ3n) is 1.67. The Balaban J connectivity index is 2.87. The molecule has 0 radical (unpaired) electrons. The van der Waals surface area contributed by atoms with E-state index in [0.29, 0.717) is 0 Å². The molecule has 0 fully saturated rings. The van der Waals surface area contributed by atoms with Gasteiger partial charge in [0.25, 0.3) is 0 Å². The molecule has 0 saturated heterocycles. The Hall–Kier alpha value is -0.450. The van der Waals surface area contributed by atoms with E-state index in [0.717, 1.165) is 15.0 Å². The van der Waals surface area contributed by atoms with Gasteiger partial charge in [0, 0.05) is 11.2 Å². The Morgan fingerprint density at radius 3 is 2.36 bits per heavy atom. The predicted octanol–water partition coefficient (Wildman–Crippen LogP) is 3.51. The summed E-state index contributed by atoms with van der Waals surface area (Å²) >= 11 is 2.27. The van der Waals surface area contributed by atoms with Crippen LogP contribution in [-0.2, 0) is 0 Å². The van der Waals surface area contributed by atoms with Gasteiger partial charge in [-0.05, 0) is 61.6 Å². The number of ether oxygens (including phenoxy) is 1. The topological polar surface area (TPSA) is 21.3 Å². The molecule has 0 atom stereocenters. The number of rotatable bonds is 2. The normalized spacial score (nSPS) is 11.2. The molecule has 2 nitrogen and oxygen atoms in total. The zero-order valence-electron chi connectivity index (χ0n) is 9.02. The molecule has 0 aliphatic heterocycles. The van der Waals surface area contributed by atoms with Crippen LogP contribution >= 0.6 is 22.6 Å². The molecule has 1 rings (SSSR count). The molecule has 1 aromatic rings. The van der Waals surface area contributed by atoms with Crippen molar-refractivity contribution in [2.75, 3.05) is 12.4 Å². The first-order valence-electron chi connectivity index (χ1n) is 4.54. The summed E-state index contributed by atoms with van der Waals surface area (Å²) < 4.78 is 6.32. The zero-order valence-corrected chi connectivity index (χ0v) is 11.2. The summed E-state index contributed by atoms with van der Waals surface area (Å²) in [6.07, 6.45) is 0. The van der Waals surface area contributed by atoms with Gasteiger partial charge in [0.05, 0.1) is 10.7 Å². The third kappa shape index (κ3) is 3.36. The number of methoxy groups -OCH3 is 1. The fourth-order valence-electron chi connectivity index (χ4n) is 1.18. The average Bonchev–Trinajstić information content (AvgIpc) is 2.01. The fraction of sp³-hybridized carbons (Fsp3) is 0.455. The standard InChI is InChI=1S/C11H16INO/c1-11(2,3)13-8-5-6-10(14-4)9(12)7-8/h5-7,13H,1-4H3. The van der Waals surface area contributed by atoms with Crippen molar-refractivity contribution in [1.29, 1.82) is 0 Å². The lowest BCUT2D eigenvalue weighted by molar-refractivity contribution is 0.412. The molecule has 0 saturated carbocycles. The van der Waals surface area contributed by atoms with Crippen molar-refractivity contribution in [2.24, 2.45) is 0 Å². The molecular weight excluding hydrogens is 289 g/mol. The average molecular weight is 305 g/mol. The van der Waals surface area contributed by atoms with E-state index in [1.54, 1.807) is 7.11 Å². The minimum Gasteiger partial charge on any atom is -0.496 e. The predicted molar refractivity (Wildman–Crippen MR) is 69.1 cm³/mol. The minimum absolute atomic E-state index is 0.0949. The Kier molecular flexibility index (Phi) is 3.64. The lowest BCUT2D eigenvalue weighted by Crippen LogP contribution is -2.25. The highest BCUT2D eigenvalue weighted by molar-refractivity contribution is 14.1. The lowest BCUT2D eigenvalue weighted by atomic mass is 10.1. The van der Waals surface area contributed by atoms with E-state index < -0.39 is 0 Å². The summed E-state index contributed by atoms with van der Waals surface area (Å²) in [6.45, 7) is 6.43. The maximum Gasteiger partial charge on any atom is 0.132 e. The van der Waals surface area contributed by atoms with E-state index in [4.69, 9.17) is 4.74 Å². The van der Waals surface area contributed by atoms with E-state index in [1.165, 1.54) is 0 Å². The van der Waals surface area contributed by atoms with E-state index in [-0.39, 0.29) is 5.54 Å². The van der Waals surface area contributed by atoms with Crippen LogP contribution in [0.2, 0.25) is 0 Å². The maximum atomic E-state index is 5.19. The fourth-order valence-corrected chi connectivity index (χ4v) is 1.91.